The summed E-state index contributed by atoms with van der Waals surface area (Å²) in [5.74, 6) is 1.73. The van der Waals surface area contributed by atoms with Crippen molar-refractivity contribution in [2.75, 3.05) is 26.4 Å². The first-order valence-electron chi connectivity index (χ1n) is 9.97. The molecule has 0 aliphatic carbocycles. The van der Waals surface area contributed by atoms with Crippen LogP contribution in [-0.4, -0.2) is 38.2 Å². The van der Waals surface area contributed by atoms with Gasteiger partial charge in [-0.1, -0.05) is 42.2 Å². The lowest BCUT2D eigenvalue weighted by Crippen LogP contribution is -2.15. The molecule has 29 heavy (non-hydrogen) atoms. The van der Waals surface area contributed by atoms with Crippen molar-refractivity contribution in [1.29, 1.82) is 0 Å². The Morgan fingerprint density at radius 3 is 2.21 bits per heavy atom. The van der Waals surface area contributed by atoms with Crippen molar-refractivity contribution < 1.29 is 19.0 Å². The van der Waals surface area contributed by atoms with Crippen LogP contribution in [0.15, 0.2) is 27.9 Å². The molecular weight excluding hydrogens is 413 g/mol. The molecule has 0 saturated carbocycles. The van der Waals surface area contributed by atoms with Crippen LogP contribution in [0.4, 0.5) is 0 Å². The third-order valence-electron chi connectivity index (χ3n) is 3.74. The summed E-state index contributed by atoms with van der Waals surface area (Å²) >= 11 is 11.3. The zero-order valence-corrected chi connectivity index (χ0v) is 19.6. The van der Waals surface area contributed by atoms with Gasteiger partial charge in [-0.25, -0.2) is 0 Å². The molecule has 7 heteroatoms. The van der Waals surface area contributed by atoms with Crippen molar-refractivity contribution in [2.24, 2.45) is 5.16 Å². The summed E-state index contributed by atoms with van der Waals surface area (Å²) < 4.78 is 17.5. The molecular formula is C22H33Cl2NO4. The van der Waals surface area contributed by atoms with Crippen molar-refractivity contribution in [2.45, 2.75) is 59.5 Å². The van der Waals surface area contributed by atoms with Crippen LogP contribution in [0, 0.1) is 0 Å². The Morgan fingerprint density at radius 2 is 1.66 bits per heavy atom. The molecule has 0 amide bonds. The maximum atomic E-state index is 6.07. The molecule has 0 spiro atoms. The van der Waals surface area contributed by atoms with Gasteiger partial charge in [0.2, 0.25) is 0 Å². The highest BCUT2D eigenvalue weighted by Crippen LogP contribution is 2.31. The second-order valence-electron chi connectivity index (χ2n) is 7.35. The Bertz CT molecular complexity index is 640. The Hall–Kier alpha value is -1.43. The molecule has 5 nitrogen and oxygen atoms in total. The van der Waals surface area contributed by atoms with E-state index in [1.165, 1.54) is 0 Å². The topological polar surface area (TPSA) is 49.3 Å². The summed E-state index contributed by atoms with van der Waals surface area (Å²) in [7, 11) is 0. The van der Waals surface area contributed by atoms with E-state index in [9.17, 15) is 0 Å². The van der Waals surface area contributed by atoms with E-state index in [1.54, 1.807) is 12.3 Å². The highest BCUT2D eigenvalue weighted by Gasteiger charge is 2.11. The third-order valence-corrected chi connectivity index (χ3v) is 4.05. The van der Waals surface area contributed by atoms with Crippen molar-refractivity contribution in [1.82, 2.24) is 0 Å². The Morgan fingerprint density at radius 1 is 1.00 bits per heavy atom. The number of rotatable bonds is 13. The number of nitrogens with zero attached hydrogens (tertiary/aromatic N) is 1. The van der Waals surface area contributed by atoms with Crippen LogP contribution in [0.5, 0.6) is 11.5 Å². The van der Waals surface area contributed by atoms with Crippen LogP contribution < -0.4 is 9.47 Å². The molecule has 0 radical (unpaired) electrons. The lowest BCUT2D eigenvalue weighted by molar-refractivity contribution is 0.000643. The highest BCUT2D eigenvalue weighted by molar-refractivity contribution is 6.55. The smallest absolute Gasteiger partial charge is 0.129 e. The molecule has 0 atom stereocenters. The molecule has 1 aromatic rings. The van der Waals surface area contributed by atoms with Crippen LogP contribution in [-0.2, 0) is 22.4 Å². The summed E-state index contributed by atoms with van der Waals surface area (Å²) in [6.07, 6.45) is 5.74. The predicted octanol–water partition coefficient (Wildman–Crippen LogP) is 6.10. The van der Waals surface area contributed by atoms with E-state index in [4.69, 9.17) is 42.3 Å². The number of hydrogen-bond donors (Lipinski definition) is 0. The quantitative estimate of drug-likeness (QED) is 0.209. The second kappa shape index (κ2) is 13.7. The number of aryl methyl sites for hydroxylation is 2. The molecule has 0 aromatic heterocycles. The Kier molecular flexibility index (Phi) is 12.1. The van der Waals surface area contributed by atoms with E-state index in [0.717, 1.165) is 41.9 Å². The lowest BCUT2D eigenvalue weighted by Gasteiger charge is -2.17. The minimum Gasteiger partial charge on any atom is -0.493 e. The van der Waals surface area contributed by atoms with Gasteiger partial charge < -0.3 is 19.0 Å². The predicted molar refractivity (Wildman–Crippen MR) is 121 cm³/mol. The molecule has 0 unspecified atom stereocenters. The van der Waals surface area contributed by atoms with Crippen LogP contribution in [0.1, 0.15) is 52.2 Å². The molecule has 1 aromatic carbocycles. The van der Waals surface area contributed by atoms with Crippen molar-refractivity contribution in [3.8, 4) is 11.5 Å². The first-order valence-corrected chi connectivity index (χ1v) is 10.7. The van der Waals surface area contributed by atoms with Crippen LogP contribution in [0.2, 0.25) is 0 Å². The summed E-state index contributed by atoms with van der Waals surface area (Å²) in [6, 6.07) is 4.01. The minimum atomic E-state index is -0.285. The van der Waals surface area contributed by atoms with E-state index in [1.807, 2.05) is 32.9 Å². The molecule has 0 N–H and O–H groups in total. The summed E-state index contributed by atoms with van der Waals surface area (Å²) in [6.45, 7) is 12.0. The number of ether oxygens (including phenoxy) is 3. The normalized spacial score (nSPS) is 11.6. The fourth-order valence-corrected chi connectivity index (χ4v) is 2.54. The molecule has 0 fully saturated rings. The largest absolute Gasteiger partial charge is 0.493 e. The summed E-state index contributed by atoms with van der Waals surface area (Å²) in [5, 5.41) is 3.88. The number of oxime groups is 1. The Labute approximate surface area is 184 Å². The summed E-state index contributed by atoms with van der Waals surface area (Å²) in [5.41, 5.74) is 1.95. The number of hydrogen-bond acceptors (Lipinski definition) is 5. The monoisotopic (exact) mass is 445 g/mol. The lowest BCUT2D eigenvalue weighted by atomic mass is 10.0. The molecule has 0 aliphatic heterocycles. The molecule has 164 valence electrons. The van der Waals surface area contributed by atoms with Gasteiger partial charge in [0, 0.05) is 6.42 Å². The molecule has 0 heterocycles. The maximum absolute atomic E-state index is 6.07. The van der Waals surface area contributed by atoms with Crippen LogP contribution in [0.3, 0.4) is 0 Å². The first-order chi connectivity index (χ1) is 13.8. The zero-order chi connectivity index (χ0) is 21.7. The molecule has 1 rings (SSSR count). The standard InChI is InChI=1S/C22H33Cl2NO4/c1-6-17-15-19(27-13-9-20(23)24)16-18(7-2)21(17)28-12-8-11-26-14-10-25-29-22(3,4)5/h9-10,15-16H,6-8,11-14H2,1-5H3/b25-10+. The van der Waals surface area contributed by atoms with E-state index in [-0.39, 0.29) is 10.1 Å². The van der Waals surface area contributed by atoms with Gasteiger partial charge in [-0.3, -0.25) is 0 Å². The zero-order valence-electron chi connectivity index (χ0n) is 18.1. The van der Waals surface area contributed by atoms with E-state index in [0.29, 0.717) is 26.4 Å². The van der Waals surface area contributed by atoms with Crippen molar-refractivity contribution >= 4 is 29.4 Å². The average molecular weight is 446 g/mol. The average Bonchev–Trinajstić information content (AvgIpc) is 2.65. The van der Waals surface area contributed by atoms with Crippen LogP contribution >= 0.6 is 23.2 Å². The highest BCUT2D eigenvalue weighted by atomic mass is 35.5. The molecule has 0 aliphatic rings. The van der Waals surface area contributed by atoms with Gasteiger partial charge in [0.25, 0.3) is 0 Å². The van der Waals surface area contributed by atoms with Gasteiger partial charge in [0.05, 0.1) is 26.0 Å². The maximum Gasteiger partial charge on any atom is 0.129 e. The summed E-state index contributed by atoms with van der Waals surface area (Å²) in [4.78, 5) is 5.25. The first kappa shape index (κ1) is 25.6. The fraction of sp³-hybridized carbons (Fsp3) is 0.591. The SMILES string of the molecule is CCc1cc(OCC=C(Cl)Cl)cc(CC)c1OCCCOC/C=N/OC(C)(C)C. The second-order valence-corrected chi connectivity index (χ2v) is 8.36. The minimum absolute atomic E-state index is 0.201. The third kappa shape index (κ3) is 11.4. The van der Waals surface area contributed by atoms with Crippen LogP contribution in [0.25, 0.3) is 0 Å². The van der Waals surface area contributed by atoms with Gasteiger partial charge >= 0.3 is 0 Å². The molecule has 0 saturated heterocycles. The van der Waals surface area contributed by atoms with Gasteiger partial charge in [-0.2, -0.15) is 0 Å². The van der Waals surface area contributed by atoms with Gasteiger partial charge in [-0.15, -0.1) is 0 Å². The van der Waals surface area contributed by atoms with Crippen molar-refractivity contribution in [3.63, 3.8) is 0 Å². The fourth-order valence-electron chi connectivity index (χ4n) is 2.41. The van der Waals surface area contributed by atoms with Gasteiger partial charge in [0.15, 0.2) is 0 Å². The number of benzene rings is 1. The van der Waals surface area contributed by atoms with E-state index >= 15 is 0 Å². The van der Waals surface area contributed by atoms with Gasteiger partial charge in [-0.05, 0) is 62.9 Å². The van der Waals surface area contributed by atoms with Gasteiger partial charge in [0.1, 0.15) is 28.2 Å². The molecule has 0 bridgehead atoms. The Balaban J connectivity index is 2.49. The van der Waals surface area contributed by atoms with E-state index < -0.39 is 0 Å². The number of halogens is 2. The van der Waals surface area contributed by atoms with E-state index in [2.05, 4.69) is 19.0 Å². The van der Waals surface area contributed by atoms with Crippen molar-refractivity contribution in [3.05, 3.63) is 33.8 Å².